The number of amides is 1. The maximum atomic E-state index is 11.6. The van der Waals surface area contributed by atoms with Crippen LogP contribution in [0.1, 0.15) is 24.1 Å². The van der Waals surface area contributed by atoms with Crippen molar-refractivity contribution in [2.75, 3.05) is 41.8 Å². The van der Waals surface area contributed by atoms with Gasteiger partial charge in [0.1, 0.15) is 5.82 Å². The normalized spacial score (nSPS) is 14.6. The Morgan fingerprint density at radius 1 is 1.12 bits per heavy atom. The molecule has 7 heteroatoms. The highest BCUT2D eigenvalue weighted by atomic mass is 16.5. The fraction of sp³-hybridized carbons (Fsp3) is 0.280. The van der Waals surface area contributed by atoms with Gasteiger partial charge in [0.15, 0.2) is 0 Å². The molecule has 3 aromatic rings. The fourth-order valence-corrected chi connectivity index (χ4v) is 3.80. The number of aromatic nitrogens is 1. The van der Waals surface area contributed by atoms with Crippen LogP contribution in [0.15, 0.2) is 66.9 Å². The van der Waals surface area contributed by atoms with Gasteiger partial charge in [0.2, 0.25) is 5.91 Å². The second-order valence-electron chi connectivity index (χ2n) is 7.92. The number of hydrogen-bond donors (Lipinski definition) is 3. The minimum absolute atomic E-state index is 0.0610. The average molecular weight is 432 g/mol. The Balaban J connectivity index is 1.51. The maximum Gasteiger partial charge on any atom is 0.221 e. The van der Waals surface area contributed by atoms with Crippen molar-refractivity contribution in [1.29, 1.82) is 0 Å². The van der Waals surface area contributed by atoms with Gasteiger partial charge in [0, 0.05) is 54.0 Å². The van der Waals surface area contributed by atoms with Crippen LogP contribution in [0, 0.1) is 0 Å². The smallest absolute Gasteiger partial charge is 0.221 e. The van der Waals surface area contributed by atoms with Crippen LogP contribution in [0.5, 0.6) is 0 Å². The van der Waals surface area contributed by atoms with Gasteiger partial charge in [-0.15, -0.1) is 0 Å². The maximum absolute atomic E-state index is 11.6. The molecule has 2 heterocycles. The Kier molecular flexibility index (Phi) is 6.87. The molecule has 4 rings (SSSR count). The van der Waals surface area contributed by atoms with Crippen LogP contribution in [-0.4, -0.2) is 37.2 Å². The Hall–Kier alpha value is -3.58. The van der Waals surface area contributed by atoms with E-state index in [1.807, 2.05) is 36.4 Å². The zero-order valence-electron chi connectivity index (χ0n) is 18.3. The number of carbonyl (C=O) groups is 1. The number of benzene rings is 2. The Morgan fingerprint density at radius 3 is 2.53 bits per heavy atom. The first-order chi connectivity index (χ1) is 15.6. The van der Waals surface area contributed by atoms with Crippen LogP contribution in [-0.2, 0) is 16.0 Å². The molecule has 1 saturated heterocycles. The number of nitrogens with one attached hydrogen (secondary N) is 2. The van der Waals surface area contributed by atoms with Crippen molar-refractivity contribution in [2.24, 2.45) is 5.73 Å². The van der Waals surface area contributed by atoms with E-state index in [-0.39, 0.29) is 18.4 Å². The fourth-order valence-electron chi connectivity index (χ4n) is 3.80. The number of anilines is 4. The molecule has 0 aliphatic carbocycles. The SMILES string of the molecule is C[C@@H](Nc1cc(Nc2ccc(N3CCOCC3)cc2)ncc1CC(N)=O)c1ccccc1. The van der Waals surface area contributed by atoms with Crippen molar-refractivity contribution >= 4 is 28.8 Å². The van der Waals surface area contributed by atoms with Gasteiger partial charge in [0.25, 0.3) is 0 Å². The Morgan fingerprint density at radius 2 is 1.84 bits per heavy atom. The summed E-state index contributed by atoms with van der Waals surface area (Å²) in [6, 6.07) is 20.4. The Bertz CT molecular complexity index is 1030. The van der Waals surface area contributed by atoms with Gasteiger partial charge >= 0.3 is 0 Å². The summed E-state index contributed by atoms with van der Waals surface area (Å²) in [7, 11) is 0. The molecule has 1 amide bonds. The van der Waals surface area contributed by atoms with E-state index in [4.69, 9.17) is 10.5 Å². The van der Waals surface area contributed by atoms with E-state index in [2.05, 4.69) is 51.7 Å². The molecule has 4 N–H and O–H groups in total. The average Bonchev–Trinajstić information content (AvgIpc) is 2.82. The molecular weight excluding hydrogens is 402 g/mol. The molecule has 7 nitrogen and oxygen atoms in total. The highest BCUT2D eigenvalue weighted by molar-refractivity contribution is 5.79. The monoisotopic (exact) mass is 431 g/mol. The van der Waals surface area contributed by atoms with E-state index in [9.17, 15) is 4.79 Å². The van der Waals surface area contributed by atoms with E-state index < -0.39 is 0 Å². The lowest BCUT2D eigenvalue weighted by Gasteiger charge is -2.28. The molecular formula is C25H29N5O2. The standard InChI is InChI=1S/C25H29N5O2/c1-18(19-5-3-2-4-6-19)28-23-16-25(27-17-20(23)15-24(26)31)29-21-7-9-22(10-8-21)30-11-13-32-14-12-30/h2-10,16-18H,11-15H2,1H3,(H2,26,31)(H2,27,28,29)/t18-/m1/s1. The van der Waals surface area contributed by atoms with Gasteiger partial charge in [0.05, 0.1) is 19.6 Å². The second kappa shape index (κ2) is 10.2. The molecule has 0 spiro atoms. The van der Waals surface area contributed by atoms with E-state index >= 15 is 0 Å². The van der Waals surface area contributed by atoms with Gasteiger partial charge in [-0.1, -0.05) is 30.3 Å². The molecule has 2 aromatic carbocycles. The van der Waals surface area contributed by atoms with Crippen LogP contribution < -0.4 is 21.3 Å². The zero-order chi connectivity index (χ0) is 22.3. The highest BCUT2D eigenvalue weighted by Gasteiger charge is 2.13. The number of morpholine rings is 1. The van der Waals surface area contributed by atoms with Gasteiger partial charge in [-0.05, 0) is 36.8 Å². The van der Waals surface area contributed by atoms with Crippen LogP contribution in [0.3, 0.4) is 0 Å². The topological polar surface area (TPSA) is 92.5 Å². The van der Waals surface area contributed by atoms with Crippen molar-refractivity contribution in [1.82, 2.24) is 4.98 Å². The van der Waals surface area contributed by atoms with E-state index in [0.717, 1.165) is 48.8 Å². The number of carbonyl (C=O) groups excluding carboxylic acids is 1. The molecule has 1 fully saturated rings. The number of ether oxygens (including phenoxy) is 1. The quantitative estimate of drug-likeness (QED) is 0.502. The summed E-state index contributed by atoms with van der Waals surface area (Å²) < 4.78 is 5.43. The number of hydrogen-bond acceptors (Lipinski definition) is 6. The first-order valence-corrected chi connectivity index (χ1v) is 10.9. The molecule has 1 aliphatic rings. The van der Waals surface area contributed by atoms with Crippen molar-refractivity contribution in [3.63, 3.8) is 0 Å². The third-order valence-corrected chi connectivity index (χ3v) is 5.54. The second-order valence-corrected chi connectivity index (χ2v) is 7.92. The number of nitrogens with zero attached hydrogens (tertiary/aromatic N) is 2. The largest absolute Gasteiger partial charge is 0.378 e. The highest BCUT2D eigenvalue weighted by Crippen LogP contribution is 2.27. The lowest BCUT2D eigenvalue weighted by atomic mass is 10.1. The third kappa shape index (κ3) is 5.56. The van der Waals surface area contributed by atoms with E-state index in [0.29, 0.717) is 5.82 Å². The summed E-state index contributed by atoms with van der Waals surface area (Å²) in [5.41, 5.74) is 10.3. The molecule has 0 radical (unpaired) electrons. The first-order valence-electron chi connectivity index (χ1n) is 10.9. The van der Waals surface area contributed by atoms with Crippen molar-refractivity contribution < 1.29 is 9.53 Å². The van der Waals surface area contributed by atoms with Gasteiger partial charge < -0.3 is 26.0 Å². The molecule has 1 aromatic heterocycles. The van der Waals surface area contributed by atoms with E-state index in [1.54, 1.807) is 6.20 Å². The third-order valence-electron chi connectivity index (χ3n) is 5.54. The molecule has 1 atom stereocenters. The van der Waals surface area contributed by atoms with Crippen LogP contribution >= 0.6 is 0 Å². The summed E-state index contributed by atoms with van der Waals surface area (Å²) in [6.45, 7) is 5.42. The predicted molar refractivity (Wildman–Crippen MR) is 128 cm³/mol. The molecule has 0 unspecified atom stereocenters. The summed E-state index contributed by atoms with van der Waals surface area (Å²) in [5.74, 6) is 0.307. The molecule has 32 heavy (non-hydrogen) atoms. The summed E-state index contributed by atoms with van der Waals surface area (Å²) in [6.07, 6.45) is 1.83. The summed E-state index contributed by atoms with van der Waals surface area (Å²) in [5, 5.41) is 6.86. The van der Waals surface area contributed by atoms with Crippen molar-refractivity contribution in [3.8, 4) is 0 Å². The van der Waals surface area contributed by atoms with Crippen LogP contribution in [0.2, 0.25) is 0 Å². The molecule has 166 valence electrons. The van der Waals surface area contributed by atoms with Crippen LogP contribution in [0.4, 0.5) is 22.9 Å². The molecule has 0 saturated carbocycles. The minimum atomic E-state index is -0.387. The van der Waals surface area contributed by atoms with Gasteiger partial charge in [-0.25, -0.2) is 4.98 Å². The first kappa shape index (κ1) is 21.6. The number of nitrogens with two attached hydrogens (primary N) is 1. The van der Waals surface area contributed by atoms with Crippen LogP contribution in [0.25, 0.3) is 0 Å². The summed E-state index contributed by atoms with van der Waals surface area (Å²) in [4.78, 5) is 18.4. The minimum Gasteiger partial charge on any atom is -0.378 e. The Labute approximate surface area is 188 Å². The number of primary amides is 1. The number of rotatable bonds is 8. The molecule has 0 bridgehead atoms. The zero-order valence-corrected chi connectivity index (χ0v) is 18.3. The summed E-state index contributed by atoms with van der Waals surface area (Å²) >= 11 is 0. The van der Waals surface area contributed by atoms with Gasteiger partial charge in [-0.3, -0.25) is 4.79 Å². The van der Waals surface area contributed by atoms with Crippen molar-refractivity contribution in [2.45, 2.75) is 19.4 Å². The molecule has 1 aliphatic heterocycles. The lowest BCUT2D eigenvalue weighted by molar-refractivity contribution is -0.117. The van der Waals surface area contributed by atoms with Crippen molar-refractivity contribution in [3.05, 3.63) is 78.0 Å². The van der Waals surface area contributed by atoms with E-state index in [1.165, 1.54) is 5.69 Å². The predicted octanol–water partition coefficient (Wildman–Crippen LogP) is 3.86. The number of pyridine rings is 1. The lowest BCUT2D eigenvalue weighted by Crippen LogP contribution is -2.36. The van der Waals surface area contributed by atoms with Gasteiger partial charge in [-0.2, -0.15) is 0 Å².